The first kappa shape index (κ1) is 22.5. The van der Waals surface area contributed by atoms with Crippen molar-refractivity contribution in [2.45, 2.75) is 0 Å². The SMILES string of the molecule is c1cnc(-c2c3ccccc3c(-c3ccc(-c4ccc5ccc6cccnc6c5n4)cc3)c3ccccc23)nc1. The van der Waals surface area contributed by atoms with E-state index in [9.17, 15) is 0 Å². The minimum atomic E-state index is 0.737. The van der Waals surface area contributed by atoms with Crippen LogP contribution >= 0.6 is 0 Å². The van der Waals surface area contributed by atoms with Gasteiger partial charge in [0.15, 0.2) is 5.82 Å². The van der Waals surface area contributed by atoms with E-state index in [2.05, 4.69) is 118 Å². The van der Waals surface area contributed by atoms with Crippen molar-refractivity contribution in [3.63, 3.8) is 0 Å². The van der Waals surface area contributed by atoms with Crippen molar-refractivity contribution in [3.8, 4) is 33.8 Å². The standard InChI is InChI=1S/C36H22N4/c1-3-10-29-27(8-1)32(28-9-2-4-11-30(28)33(29)36-38-21-6-22-39-36)24-14-12-23(13-15-24)31-19-18-26-17-16-25-7-5-20-37-34(25)35(26)40-31/h1-22H. The Morgan fingerprint density at radius 1 is 0.375 bits per heavy atom. The highest BCUT2D eigenvalue weighted by Crippen LogP contribution is 2.42. The van der Waals surface area contributed by atoms with Crippen molar-refractivity contribution in [2.75, 3.05) is 0 Å². The second-order valence-electron chi connectivity index (χ2n) is 9.90. The Morgan fingerprint density at radius 2 is 0.925 bits per heavy atom. The van der Waals surface area contributed by atoms with E-state index in [4.69, 9.17) is 4.98 Å². The summed E-state index contributed by atoms with van der Waals surface area (Å²) >= 11 is 0. The van der Waals surface area contributed by atoms with E-state index in [0.29, 0.717) is 0 Å². The quantitative estimate of drug-likeness (QED) is 0.176. The third-order valence-corrected chi connectivity index (χ3v) is 7.62. The van der Waals surface area contributed by atoms with Crippen LogP contribution in [0.25, 0.3) is 77.1 Å². The fourth-order valence-corrected chi connectivity index (χ4v) is 5.80. The topological polar surface area (TPSA) is 51.6 Å². The van der Waals surface area contributed by atoms with Gasteiger partial charge in [-0.1, -0.05) is 97.1 Å². The van der Waals surface area contributed by atoms with Crippen LogP contribution in [0.2, 0.25) is 0 Å². The minimum Gasteiger partial charge on any atom is -0.254 e. The van der Waals surface area contributed by atoms with Crippen LogP contribution in [0.4, 0.5) is 0 Å². The Bertz CT molecular complexity index is 2150. The molecule has 0 radical (unpaired) electrons. The largest absolute Gasteiger partial charge is 0.254 e. The second-order valence-corrected chi connectivity index (χ2v) is 9.90. The number of pyridine rings is 2. The summed E-state index contributed by atoms with van der Waals surface area (Å²) in [5, 5.41) is 6.82. The molecule has 0 N–H and O–H groups in total. The molecule has 186 valence electrons. The maximum absolute atomic E-state index is 5.04. The van der Waals surface area contributed by atoms with Crippen LogP contribution in [0.5, 0.6) is 0 Å². The van der Waals surface area contributed by atoms with Crippen LogP contribution in [0.15, 0.2) is 134 Å². The van der Waals surface area contributed by atoms with Gasteiger partial charge in [-0.05, 0) is 50.9 Å². The lowest BCUT2D eigenvalue weighted by molar-refractivity contribution is 1.18. The van der Waals surface area contributed by atoms with Crippen LogP contribution in [-0.4, -0.2) is 19.9 Å². The van der Waals surface area contributed by atoms with E-state index < -0.39 is 0 Å². The molecule has 0 unspecified atom stereocenters. The highest BCUT2D eigenvalue weighted by atomic mass is 14.9. The summed E-state index contributed by atoms with van der Waals surface area (Å²) in [4.78, 5) is 18.9. The Kier molecular flexibility index (Phi) is 5.10. The Hall–Kier alpha value is -5.48. The molecule has 0 saturated carbocycles. The first-order chi connectivity index (χ1) is 19.8. The maximum Gasteiger partial charge on any atom is 0.160 e. The number of hydrogen-bond acceptors (Lipinski definition) is 4. The molecule has 0 aliphatic heterocycles. The number of hydrogen-bond donors (Lipinski definition) is 0. The predicted molar refractivity (Wildman–Crippen MR) is 164 cm³/mol. The molecule has 0 aliphatic rings. The predicted octanol–water partition coefficient (Wildman–Crippen LogP) is 8.88. The lowest BCUT2D eigenvalue weighted by Crippen LogP contribution is -1.94. The molecule has 3 heterocycles. The highest BCUT2D eigenvalue weighted by Gasteiger charge is 2.17. The Balaban J connectivity index is 1.31. The van der Waals surface area contributed by atoms with Crippen LogP contribution in [-0.2, 0) is 0 Å². The zero-order chi connectivity index (χ0) is 26.5. The highest BCUT2D eigenvalue weighted by molar-refractivity contribution is 6.20. The smallest absolute Gasteiger partial charge is 0.160 e. The molecule has 0 amide bonds. The molecule has 0 bridgehead atoms. The lowest BCUT2D eigenvalue weighted by Gasteiger charge is -2.17. The number of rotatable bonds is 3. The fraction of sp³-hybridized carbons (Fsp3) is 0. The Labute approximate surface area is 230 Å². The zero-order valence-corrected chi connectivity index (χ0v) is 21.5. The zero-order valence-electron chi connectivity index (χ0n) is 21.5. The molecule has 8 aromatic rings. The van der Waals surface area contributed by atoms with E-state index in [1.54, 1.807) is 12.4 Å². The summed E-state index contributed by atoms with van der Waals surface area (Å²) in [5.74, 6) is 0.737. The number of fused-ring (bicyclic) bond motifs is 5. The molecule has 8 rings (SSSR count). The fourth-order valence-electron chi connectivity index (χ4n) is 5.80. The number of aromatic nitrogens is 4. The lowest BCUT2D eigenvalue weighted by atomic mass is 9.88. The van der Waals surface area contributed by atoms with E-state index in [1.165, 1.54) is 16.3 Å². The molecule has 0 atom stereocenters. The van der Waals surface area contributed by atoms with Crippen molar-refractivity contribution in [1.29, 1.82) is 0 Å². The van der Waals surface area contributed by atoms with Crippen molar-refractivity contribution in [1.82, 2.24) is 19.9 Å². The summed E-state index contributed by atoms with van der Waals surface area (Å²) < 4.78 is 0. The van der Waals surface area contributed by atoms with Crippen molar-refractivity contribution >= 4 is 43.4 Å². The average molecular weight is 511 g/mol. The van der Waals surface area contributed by atoms with Crippen molar-refractivity contribution in [3.05, 3.63) is 134 Å². The molecular formula is C36H22N4. The second kappa shape index (κ2) is 9.07. The first-order valence-corrected chi connectivity index (χ1v) is 13.3. The first-order valence-electron chi connectivity index (χ1n) is 13.3. The van der Waals surface area contributed by atoms with Gasteiger partial charge in [0.1, 0.15) is 0 Å². The molecule has 40 heavy (non-hydrogen) atoms. The maximum atomic E-state index is 5.04. The molecule has 0 spiro atoms. The molecule has 0 fully saturated rings. The molecule has 0 aliphatic carbocycles. The summed E-state index contributed by atoms with van der Waals surface area (Å²) in [5.41, 5.74) is 7.29. The van der Waals surface area contributed by atoms with Gasteiger partial charge in [-0.25, -0.2) is 15.0 Å². The van der Waals surface area contributed by atoms with Crippen molar-refractivity contribution in [2.24, 2.45) is 0 Å². The monoisotopic (exact) mass is 510 g/mol. The molecule has 3 aromatic heterocycles. The Morgan fingerprint density at radius 3 is 1.60 bits per heavy atom. The third kappa shape index (κ3) is 3.54. The van der Waals surface area contributed by atoms with Gasteiger partial charge in [-0.2, -0.15) is 0 Å². The van der Waals surface area contributed by atoms with Crippen LogP contribution in [0.3, 0.4) is 0 Å². The van der Waals surface area contributed by atoms with E-state index >= 15 is 0 Å². The van der Waals surface area contributed by atoms with Crippen LogP contribution < -0.4 is 0 Å². The molecule has 5 aromatic carbocycles. The average Bonchev–Trinajstić information content (AvgIpc) is 3.04. The number of benzene rings is 5. The van der Waals surface area contributed by atoms with Gasteiger partial charge in [-0.3, -0.25) is 4.98 Å². The van der Waals surface area contributed by atoms with E-state index in [-0.39, 0.29) is 0 Å². The molecule has 0 saturated heterocycles. The van der Waals surface area contributed by atoms with E-state index in [0.717, 1.165) is 60.8 Å². The molecular weight excluding hydrogens is 488 g/mol. The van der Waals surface area contributed by atoms with Gasteiger partial charge in [0.25, 0.3) is 0 Å². The van der Waals surface area contributed by atoms with Crippen LogP contribution in [0, 0.1) is 0 Å². The third-order valence-electron chi connectivity index (χ3n) is 7.62. The summed E-state index contributed by atoms with van der Waals surface area (Å²) in [6, 6.07) is 40.2. The normalized spacial score (nSPS) is 11.5. The van der Waals surface area contributed by atoms with Gasteiger partial charge in [0.2, 0.25) is 0 Å². The summed E-state index contributed by atoms with van der Waals surface area (Å²) in [7, 11) is 0. The van der Waals surface area contributed by atoms with Crippen molar-refractivity contribution < 1.29 is 0 Å². The van der Waals surface area contributed by atoms with Gasteiger partial charge < -0.3 is 0 Å². The molecule has 4 nitrogen and oxygen atoms in total. The van der Waals surface area contributed by atoms with Gasteiger partial charge >= 0.3 is 0 Å². The van der Waals surface area contributed by atoms with Crippen LogP contribution in [0.1, 0.15) is 0 Å². The summed E-state index contributed by atoms with van der Waals surface area (Å²) in [6.07, 6.45) is 5.44. The van der Waals surface area contributed by atoms with Gasteiger partial charge in [-0.15, -0.1) is 0 Å². The number of nitrogens with zero attached hydrogens (tertiary/aromatic N) is 4. The summed E-state index contributed by atoms with van der Waals surface area (Å²) in [6.45, 7) is 0. The minimum absolute atomic E-state index is 0.737. The molecule has 4 heteroatoms. The van der Waals surface area contributed by atoms with Gasteiger partial charge in [0.05, 0.1) is 16.7 Å². The van der Waals surface area contributed by atoms with Gasteiger partial charge in [0, 0.05) is 40.5 Å². The van der Waals surface area contributed by atoms with E-state index in [1.807, 2.05) is 18.3 Å².